The summed E-state index contributed by atoms with van der Waals surface area (Å²) in [6.07, 6.45) is 3.43. The first kappa shape index (κ1) is 12.3. The zero-order valence-corrected chi connectivity index (χ0v) is 9.75. The molecule has 82 valence electrons. The number of aryl methyl sites for hydroxylation is 3. The van der Waals surface area contributed by atoms with Crippen LogP contribution in [-0.2, 0) is 6.42 Å². The molecule has 0 heterocycles. The van der Waals surface area contributed by atoms with Crippen molar-refractivity contribution in [2.75, 3.05) is 0 Å². The lowest BCUT2D eigenvalue weighted by molar-refractivity contribution is 0.425. The molecular weight excluding hydrogens is 187 g/mol. The van der Waals surface area contributed by atoms with Crippen LogP contribution >= 0.6 is 0 Å². The van der Waals surface area contributed by atoms with E-state index in [9.17, 15) is 10.0 Å². The van der Waals surface area contributed by atoms with Gasteiger partial charge in [0.2, 0.25) is 0 Å². The minimum Gasteiger partial charge on any atom is -0.423 e. The normalized spacial score (nSPS) is 10.5. The summed E-state index contributed by atoms with van der Waals surface area (Å²) in [7, 11) is -1.36. The van der Waals surface area contributed by atoms with Crippen LogP contribution in [0.2, 0.25) is 0 Å². The standard InChI is InChI=1S/C12H19BO2/c1-4-5-6-11-7-9(2)12(13(14)15)10(3)8-11/h7-8,14-15H,4-6H2,1-3H3. The Morgan fingerprint density at radius 2 is 1.67 bits per heavy atom. The first-order valence-corrected chi connectivity index (χ1v) is 5.52. The zero-order chi connectivity index (χ0) is 11.4. The first-order chi connectivity index (χ1) is 7.06. The number of unbranched alkanes of at least 4 members (excludes halogenated alkanes) is 1. The lowest BCUT2D eigenvalue weighted by atomic mass is 9.73. The van der Waals surface area contributed by atoms with E-state index >= 15 is 0 Å². The first-order valence-electron chi connectivity index (χ1n) is 5.52. The summed E-state index contributed by atoms with van der Waals surface area (Å²) in [5.74, 6) is 0. The summed E-state index contributed by atoms with van der Waals surface area (Å²) in [4.78, 5) is 0. The lowest BCUT2D eigenvalue weighted by Crippen LogP contribution is -2.34. The minimum atomic E-state index is -1.36. The van der Waals surface area contributed by atoms with Gasteiger partial charge in [0.15, 0.2) is 0 Å². The van der Waals surface area contributed by atoms with Crippen LogP contribution in [0.15, 0.2) is 12.1 Å². The van der Waals surface area contributed by atoms with Crippen molar-refractivity contribution in [1.29, 1.82) is 0 Å². The summed E-state index contributed by atoms with van der Waals surface area (Å²) >= 11 is 0. The molecule has 0 atom stereocenters. The van der Waals surface area contributed by atoms with E-state index in [1.165, 1.54) is 18.4 Å². The number of benzene rings is 1. The molecule has 0 saturated carbocycles. The molecule has 0 bridgehead atoms. The van der Waals surface area contributed by atoms with Gasteiger partial charge >= 0.3 is 7.12 Å². The quantitative estimate of drug-likeness (QED) is 0.729. The van der Waals surface area contributed by atoms with Crippen LogP contribution in [0.3, 0.4) is 0 Å². The van der Waals surface area contributed by atoms with Gasteiger partial charge in [0.25, 0.3) is 0 Å². The Hall–Kier alpha value is -0.795. The smallest absolute Gasteiger partial charge is 0.423 e. The van der Waals surface area contributed by atoms with Crippen LogP contribution < -0.4 is 5.46 Å². The molecule has 15 heavy (non-hydrogen) atoms. The molecule has 2 N–H and O–H groups in total. The topological polar surface area (TPSA) is 40.5 Å². The molecule has 0 aliphatic carbocycles. The van der Waals surface area contributed by atoms with Crippen molar-refractivity contribution in [1.82, 2.24) is 0 Å². The van der Waals surface area contributed by atoms with Gasteiger partial charge in [0.1, 0.15) is 0 Å². The van der Waals surface area contributed by atoms with Gasteiger partial charge in [-0.15, -0.1) is 0 Å². The predicted octanol–water partition coefficient (Wildman–Crippen LogP) is 1.33. The maximum absolute atomic E-state index is 9.21. The van der Waals surface area contributed by atoms with Crippen molar-refractivity contribution in [2.24, 2.45) is 0 Å². The highest BCUT2D eigenvalue weighted by Gasteiger charge is 2.17. The van der Waals surface area contributed by atoms with Crippen molar-refractivity contribution in [3.05, 3.63) is 28.8 Å². The van der Waals surface area contributed by atoms with Gasteiger partial charge in [0.05, 0.1) is 0 Å². The average Bonchev–Trinajstić information content (AvgIpc) is 2.12. The highest BCUT2D eigenvalue weighted by atomic mass is 16.4. The van der Waals surface area contributed by atoms with Crippen LogP contribution in [0, 0.1) is 13.8 Å². The summed E-state index contributed by atoms with van der Waals surface area (Å²) in [6.45, 7) is 6.03. The largest absolute Gasteiger partial charge is 0.488 e. The van der Waals surface area contributed by atoms with Crippen molar-refractivity contribution in [2.45, 2.75) is 40.0 Å². The van der Waals surface area contributed by atoms with Crippen LogP contribution in [0.5, 0.6) is 0 Å². The fourth-order valence-electron chi connectivity index (χ4n) is 2.00. The molecule has 0 aromatic heterocycles. The van der Waals surface area contributed by atoms with Crippen molar-refractivity contribution < 1.29 is 10.0 Å². The second kappa shape index (κ2) is 5.33. The maximum atomic E-state index is 9.21. The Balaban J connectivity index is 2.97. The minimum absolute atomic E-state index is 0.648. The summed E-state index contributed by atoms with van der Waals surface area (Å²) < 4.78 is 0. The van der Waals surface area contributed by atoms with Gasteiger partial charge in [-0.1, -0.05) is 36.6 Å². The van der Waals surface area contributed by atoms with Gasteiger partial charge in [0, 0.05) is 0 Å². The fourth-order valence-corrected chi connectivity index (χ4v) is 2.00. The van der Waals surface area contributed by atoms with Crippen LogP contribution in [-0.4, -0.2) is 17.2 Å². The molecule has 2 nitrogen and oxygen atoms in total. The molecule has 0 amide bonds. The van der Waals surface area contributed by atoms with Crippen LogP contribution in [0.25, 0.3) is 0 Å². The predicted molar refractivity (Wildman–Crippen MR) is 64.4 cm³/mol. The highest BCUT2D eigenvalue weighted by Crippen LogP contribution is 2.10. The molecular formula is C12H19BO2. The van der Waals surface area contributed by atoms with Gasteiger partial charge in [-0.2, -0.15) is 0 Å². The summed E-state index contributed by atoms with van der Waals surface area (Å²) in [6, 6.07) is 4.11. The van der Waals surface area contributed by atoms with Crippen molar-refractivity contribution >= 4 is 12.6 Å². The Kier molecular flexibility index (Phi) is 4.36. The Bertz CT molecular complexity index is 311. The molecule has 1 aromatic rings. The van der Waals surface area contributed by atoms with E-state index in [0.29, 0.717) is 5.46 Å². The van der Waals surface area contributed by atoms with Gasteiger partial charge in [-0.05, 0) is 37.7 Å². The molecule has 0 radical (unpaired) electrons. The molecule has 3 heteroatoms. The molecule has 0 aliphatic rings. The maximum Gasteiger partial charge on any atom is 0.488 e. The Morgan fingerprint density at radius 1 is 1.13 bits per heavy atom. The third-order valence-corrected chi connectivity index (χ3v) is 2.73. The van der Waals surface area contributed by atoms with E-state index in [1.807, 2.05) is 13.8 Å². The van der Waals surface area contributed by atoms with Gasteiger partial charge in [-0.3, -0.25) is 0 Å². The molecule has 1 aromatic carbocycles. The summed E-state index contributed by atoms with van der Waals surface area (Å²) in [5, 5.41) is 18.4. The molecule has 0 fully saturated rings. The monoisotopic (exact) mass is 206 g/mol. The lowest BCUT2D eigenvalue weighted by Gasteiger charge is -2.11. The fraction of sp³-hybridized carbons (Fsp3) is 0.500. The third-order valence-electron chi connectivity index (χ3n) is 2.73. The third kappa shape index (κ3) is 3.08. The number of hydrogen-bond acceptors (Lipinski definition) is 2. The van der Waals surface area contributed by atoms with E-state index in [4.69, 9.17) is 0 Å². The Labute approximate surface area is 92.1 Å². The van der Waals surface area contributed by atoms with E-state index in [1.54, 1.807) is 0 Å². The molecule has 0 unspecified atom stereocenters. The Morgan fingerprint density at radius 3 is 2.07 bits per heavy atom. The second-order valence-corrected chi connectivity index (χ2v) is 4.12. The van der Waals surface area contributed by atoms with Gasteiger partial charge < -0.3 is 10.0 Å². The number of hydrogen-bond donors (Lipinski definition) is 2. The van der Waals surface area contributed by atoms with E-state index < -0.39 is 7.12 Å². The molecule has 0 aliphatic heterocycles. The van der Waals surface area contributed by atoms with E-state index in [2.05, 4.69) is 19.1 Å². The zero-order valence-electron chi connectivity index (χ0n) is 9.75. The second-order valence-electron chi connectivity index (χ2n) is 4.12. The highest BCUT2D eigenvalue weighted by molar-refractivity contribution is 6.59. The van der Waals surface area contributed by atoms with Gasteiger partial charge in [-0.25, -0.2) is 0 Å². The molecule has 0 spiro atoms. The van der Waals surface area contributed by atoms with Crippen molar-refractivity contribution in [3.63, 3.8) is 0 Å². The molecule has 1 rings (SSSR count). The number of rotatable bonds is 4. The average molecular weight is 206 g/mol. The SMILES string of the molecule is CCCCc1cc(C)c(B(O)O)c(C)c1. The van der Waals surface area contributed by atoms with E-state index in [0.717, 1.165) is 17.5 Å². The van der Waals surface area contributed by atoms with Crippen LogP contribution in [0.1, 0.15) is 36.5 Å². The van der Waals surface area contributed by atoms with E-state index in [-0.39, 0.29) is 0 Å². The van der Waals surface area contributed by atoms with Crippen molar-refractivity contribution in [3.8, 4) is 0 Å². The molecule has 0 saturated heterocycles. The van der Waals surface area contributed by atoms with Crippen LogP contribution in [0.4, 0.5) is 0 Å². The summed E-state index contributed by atoms with van der Waals surface area (Å²) in [5.41, 5.74) is 3.87.